The van der Waals surface area contributed by atoms with E-state index in [0.717, 1.165) is 48.1 Å². The Morgan fingerprint density at radius 2 is 2.07 bits per heavy atom. The molecule has 3 aromatic heterocycles. The highest BCUT2D eigenvalue weighted by molar-refractivity contribution is 5.81. The topological polar surface area (TPSA) is 112 Å². The molecule has 5 rings (SSSR count). The van der Waals surface area contributed by atoms with E-state index >= 15 is 0 Å². The molecule has 4 aromatic rings. The van der Waals surface area contributed by atoms with Crippen molar-refractivity contribution < 1.29 is 4.79 Å². The Labute approximate surface area is 167 Å². The number of primary amides is 1. The second-order valence-electron chi connectivity index (χ2n) is 7.87. The fraction of sp³-hybridized carbons (Fsp3) is 0.333. The number of aryl methyl sites for hydroxylation is 1. The average molecular weight is 387 g/mol. The second kappa shape index (κ2) is 6.88. The summed E-state index contributed by atoms with van der Waals surface area (Å²) in [6, 6.07) is 8.20. The lowest BCUT2D eigenvalue weighted by Gasteiger charge is -2.09. The number of rotatable bonds is 4. The zero-order valence-corrected chi connectivity index (χ0v) is 16.1. The number of carbonyl (C=O) groups is 1. The molecule has 0 radical (unpaired) electrons. The van der Waals surface area contributed by atoms with Crippen molar-refractivity contribution in [1.82, 2.24) is 29.9 Å². The number of aromatic nitrogens is 6. The molecule has 1 aliphatic rings. The molecule has 3 heterocycles. The van der Waals surface area contributed by atoms with Crippen LogP contribution in [0.15, 0.2) is 36.7 Å². The predicted molar refractivity (Wildman–Crippen MR) is 108 cm³/mol. The molecule has 29 heavy (non-hydrogen) atoms. The number of fused-ring (bicyclic) bond motifs is 2. The molecule has 1 saturated carbocycles. The van der Waals surface area contributed by atoms with Crippen molar-refractivity contribution in [3.63, 3.8) is 0 Å². The molecular formula is C21H21N7O. The van der Waals surface area contributed by atoms with Gasteiger partial charge in [-0.1, -0.05) is 17.3 Å². The van der Waals surface area contributed by atoms with Gasteiger partial charge in [-0.25, -0.2) is 9.97 Å². The second-order valence-corrected chi connectivity index (χ2v) is 7.87. The molecule has 8 nitrogen and oxygen atoms in total. The van der Waals surface area contributed by atoms with Crippen LogP contribution in [-0.2, 0) is 11.2 Å². The van der Waals surface area contributed by atoms with Gasteiger partial charge in [0, 0.05) is 17.7 Å². The SMILES string of the molecule is Cc1ccc2cc(-n3nnc4cnc(C[C@@H]5CC[C@@H](C(N)=O)C5)nc43)cnc2c1. The Balaban J connectivity index is 1.47. The van der Waals surface area contributed by atoms with E-state index in [0.29, 0.717) is 17.1 Å². The zero-order valence-electron chi connectivity index (χ0n) is 16.1. The standard InChI is InChI=1S/C21H21N7O/c1-12-2-4-14-9-16(10-23-17(14)6-12)28-21-18(26-27-28)11-24-19(25-21)8-13-3-5-15(7-13)20(22)29/h2,4,6,9-11,13,15H,3,5,7-8H2,1H3,(H2,22,29)/t13-,15-/m1/s1. The van der Waals surface area contributed by atoms with Gasteiger partial charge in [0.2, 0.25) is 5.91 Å². The summed E-state index contributed by atoms with van der Waals surface area (Å²) < 4.78 is 1.70. The third kappa shape index (κ3) is 3.30. The minimum atomic E-state index is -0.204. The molecule has 2 N–H and O–H groups in total. The summed E-state index contributed by atoms with van der Waals surface area (Å²) in [5.74, 6) is 0.883. The Kier molecular flexibility index (Phi) is 4.19. The van der Waals surface area contributed by atoms with E-state index in [1.165, 1.54) is 5.56 Å². The zero-order chi connectivity index (χ0) is 20.0. The molecule has 146 valence electrons. The van der Waals surface area contributed by atoms with E-state index < -0.39 is 0 Å². The van der Waals surface area contributed by atoms with Gasteiger partial charge in [-0.15, -0.1) is 5.10 Å². The van der Waals surface area contributed by atoms with Crippen LogP contribution in [0.3, 0.4) is 0 Å². The highest BCUT2D eigenvalue weighted by Gasteiger charge is 2.29. The van der Waals surface area contributed by atoms with E-state index in [2.05, 4.69) is 45.4 Å². The van der Waals surface area contributed by atoms with Crippen molar-refractivity contribution in [2.75, 3.05) is 0 Å². The maximum atomic E-state index is 11.4. The number of pyridine rings is 1. The minimum absolute atomic E-state index is 0.0248. The van der Waals surface area contributed by atoms with Gasteiger partial charge < -0.3 is 5.73 Å². The lowest BCUT2D eigenvalue weighted by Crippen LogP contribution is -2.21. The van der Waals surface area contributed by atoms with Gasteiger partial charge in [0.05, 0.1) is 23.6 Å². The average Bonchev–Trinajstić information content (AvgIpc) is 3.34. The molecule has 0 aliphatic heterocycles. The van der Waals surface area contributed by atoms with Crippen LogP contribution in [0.25, 0.3) is 27.8 Å². The van der Waals surface area contributed by atoms with E-state index in [4.69, 9.17) is 10.7 Å². The van der Waals surface area contributed by atoms with Crippen molar-refractivity contribution in [2.45, 2.75) is 32.6 Å². The van der Waals surface area contributed by atoms with Gasteiger partial charge in [-0.05, 0) is 49.8 Å². The number of nitrogens with two attached hydrogens (primary N) is 1. The highest BCUT2D eigenvalue weighted by atomic mass is 16.1. The van der Waals surface area contributed by atoms with Crippen LogP contribution in [0.4, 0.5) is 0 Å². The first-order chi connectivity index (χ1) is 14.1. The number of carbonyl (C=O) groups excluding carboxylic acids is 1. The normalized spacial score (nSPS) is 19.2. The van der Waals surface area contributed by atoms with Crippen LogP contribution in [-0.4, -0.2) is 35.9 Å². The predicted octanol–water partition coefficient (Wildman–Crippen LogP) is 2.51. The molecule has 8 heteroatoms. The largest absolute Gasteiger partial charge is 0.369 e. The van der Waals surface area contributed by atoms with E-state index in [1.807, 2.05) is 6.07 Å². The first-order valence-electron chi connectivity index (χ1n) is 9.80. The first-order valence-corrected chi connectivity index (χ1v) is 9.80. The first kappa shape index (κ1) is 17.7. The van der Waals surface area contributed by atoms with Gasteiger partial charge in [0.1, 0.15) is 5.82 Å². The highest BCUT2D eigenvalue weighted by Crippen LogP contribution is 2.32. The van der Waals surface area contributed by atoms with Crippen molar-refractivity contribution in [3.05, 3.63) is 48.0 Å². The molecule has 0 unspecified atom stereocenters. The number of hydrogen-bond donors (Lipinski definition) is 1. The summed E-state index contributed by atoms with van der Waals surface area (Å²) in [6.07, 6.45) is 6.85. The van der Waals surface area contributed by atoms with Crippen molar-refractivity contribution in [3.8, 4) is 5.69 Å². The Bertz CT molecular complexity index is 1230. The van der Waals surface area contributed by atoms with E-state index in [9.17, 15) is 4.79 Å². The molecule has 1 aromatic carbocycles. The lowest BCUT2D eigenvalue weighted by molar-refractivity contribution is -0.121. The molecule has 0 bridgehead atoms. The minimum Gasteiger partial charge on any atom is -0.369 e. The van der Waals surface area contributed by atoms with Gasteiger partial charge in [0.25, 0.3) is 0 Å². The third-order valence-corrected chi connectivity index (χ3v) is 5.73. The summed E-state index contributed by atoms with van der Waals surface area (Å²) in [7, 11) is 0. The van der Waals surface area contributed by atoms with E-state index in [1.54, 1.807) is 17.1 Å². The van der Waals surface area contributed by atoms with Crippen LogP contribution >= 0.6 is 0 Å². The molecule has 0 saturated heterocycles. The van der Waals surface area contributed by atoms with Gasteiger partial charge in [-0.3, -0.25) is 9.78 Å². The summed E-state index contributed by atoms with van der Waals surface area (Å²) in [4.78, 5) is 25.1. The Morgan fingerprint density at radius 1 is 1.17 bits per heavy atom. The summed E-state index contributed by atoms with van der Waals surface area (Å²) in [6.45, 7) is 2.05. The molecule has 2 atom stereocenters. The van der Waals surface area contributed by atoms with Gasteiger partial charge in [-0.2, -0.15) is 4.68 Å². The Morgan fingerprint density at radius 3 is 2.90 bits per heavy atom. The maximum Gasteiger partial charge on any atom is 0.220 e. The van der Waals surface area contributed by atoms with Crippen molar-refractivity contribution >= 4 is 28.0 Å². The summed E-state index contributed by atoms with van der Waals surface area (Å²) in [5.41, 5.74) is 9.67. The lowest BCUT2D eigenvalue weighted by atomic mass is 10.0. The van der Waals surface area contributed by atoms with Crippen LogP contribution in [0.2, 0.25) is 0 Å². The molecule has 1 aliphatic carbocycles. The monoisotopic (exact) mass is 387 g/mol. The van der Waals surface area contributed by atoms with Crippen molar-refractivity contribution in [1.29, 1.82) is 0 Å². The number of benzene rings is 1. The molecular weight excluding hydrogens is 366 g/mol. The van der Waals surface area contributed by atoms with Crippen LogP contribution < -0.4 is 5.73 Å². The fourth-order valence-corrected chi connectivity index (χ4v) is 4.15. The van der Waals surface area contributed by atoms with Crippen LogP contribution in [0, 0.1) is 18.8 Å². The fourth-order valence-electron chi connectivity index (χ4n) is 4.15. The Hall–Kier alpha value is -3.42. The molecule has 1 amide bonds. The summed E-state index contributed by atoms with van der Waals surface area (Å²) >= 11 is 0. The molecule has 0 spiro atoms. The van der Waals surface area contributed by atoms with Crippen molar-refractivity contribution in [2.24, 2.45) is 17.6 Å². The van der Waals surface area contributed by atoms with E-state index in [-0.39, 0.29) is 11.8 Å². The van der Waals surface area contributed by atoms with Crippen LogP contribution in [0.1, 0.15) is 30.7 Å². The number of hydrogen-bond acceptors (Lipinski definition) is 6. The summed E-state index contributed by atoms with van der Waals surface area (Å²) in [5, 5.41) is 9.49. The van der Waals surface area contributed by atoms with Crippen LogP contribution in [0.5, 0.6) is 0 Å². The van der Waals surface area contributed by atoms with Gasteiger partial charge in [0.15, 0.2) is 11.2 Å². The smallest absolute Gasteiger partial charge is 0.220 e. The maximum absolute atomic E-state index is 11.4. The quantitative estimate of drug-likeness (QED) is 0.576. The molecule has 1 fully saturated rings. The number of nitrogens with zero attached hydrogens (tertiary/aromatic N) is 6. The number of amides is 1. The van der Waals surface area contributed by atoms with Gasteiger partial charge >= 0.3 is 0 Å². The third-order valence-electron chi connectivity index (χ3n) is 5.73.